The van der Waals surface area contributed by atoms with E-state index in [1.165, 1.54) is 14.8 Å². The van der Waals surface area contributed by atoms with Crippen molar-refractivity contribution < 1.29 is 21.2 Å². The number of hydrogen-bond donors (Lipinski definition) is 1. The molecule has 0 aromatic rings. The second-order valence-corrected chi connectivity index (χ2v) is 4.13. The van der Waals surface area contributed by atoms with Crippen LogP contribution >= 0.6 is 0 Å². The molecule has 0 radical (unpaired) electrons. The molecule has 0 bridgehead atoms. The first-order valence-electron chi connectivity index (χ1n) is 2.23. The Labute approximate surface area is 53.7 Å². The number of aliphatic imine (C=N–C) groups is 1. The second-order valence-electron chi connectivity index (χ2n) is 1.26. The van der Waals surface area contributed by atoms with Crippen LogP contribution in [0.25, 0.3) is 0 Å². The molecule has 1 heterocycles. The van der Waals surface area contributed by atoms with Gasteiger partial charge in [0.05, 0.1) is 0 Å². The van der Waals surface area contributed by atoms with Crippen LogP contribution in [0.15, 0.2) is 4.99 Å². The fourth-order valence-electron chi connectivity index (χ4n) is 0.473. The molecular weight excluding hydrogens is 203 g/mol. The maximum atomic E-state index is 4.04. The number of hydrogen-bond acceptors (Lipinski definition) is 1. The van der Waals surface area contributed by atoms with Crippen LogP contribution in [0.4, 0.5) is 0 Å². The quantitative estimate of drug-likeness (QED) is 0.253. The van der Waals surface area contributed by atoms with E-state index < -0.39 is 0 Å². The average molecular weight is 211 g/mol. The van der Waals surface area contributed by atoms with Gasteiger partial charge in [-0.3, -0.25) is 0 Å². The molecule has 1 N–H and O–H groups in total. The molecule has 0 amide bonds. The molecule has 0 saturated carbocycles. The molecule has 7 heavy (non-hydrogen) atoms. The van der Waals surface area contributed by atoms with Gasteiger partial charge < -0.3 is 0 Å². The predicted molar refractivity (Wildman–Crippen MR) is 26.2 cm³/mol. The molecule has 1 saturated heterocycles. The van der Waals surface area contributed by atoms with Gasteiger partial charge in [0.2, 0.25) is 0 Å². The normalized spacial score (nSPS) is 26.7. The topological polar surface area (TPSA) is 24.4 Å². The summed E-state index contributed by atoms with van der Waals surface area (Å²) in [5, 5.41) is 3.21. The summed E-state index contributed by atoms with van der Waals surface area (Å²) in [6.45, 7) is 1.17. The summed E-state index contributed by atoms with van der Waals surface area (Å²) in [6, 6.07) is 0. The van der Waals surface area contributed by atoms with E-state index in [1.54, 1.807) is 0 Å². The van der Waals surface area contributed by atoms with Crippen LogP contribution in [0, 0.1) is 0 Å². The van der Waals surface area contributed by atoms with E-state index in [2.05, 4.69) is 10.3 Å². The molecule has 0 unspecified atom stereocenters. The number of nitrogens with one attached hydrogen (secondary N) is 1. The molecule has 0 atom stereocenters. The zero-order chi connectivity index (χ0) is 5.11. The molecule has 0 aliphatic carbocycles. The minimum atomic E-state index is 0.315. The summed E-state index contributed by atoms with van der Waals surface area (Å²) in [6.07, 6.45) is 0. The van der Waals surface area contributed by atoms with Crippen molar-refractivity contribution in [2.24, 2.45) is 4.99 Å². The fraction of sp³-hybridized carbons (Fsp3) is 0.750. The van der Waals surface area contributed by atoms with Crippen LogP contribution in [-0.4, -0.2) is 21.9 Å². The number of rotatable bonds is 0. The molecule has 0 aromatic heterocycles. The van der Waals surface area contributed by atoms with Crippen molar-refractivity contribution in [1.29, 1.82) is 0 Å². The van der Waals surface area contributed by atoms with Crippen LogP contribution < -0.4 is 26.5 Å². The summed E-state index contributed by atoms with van der Waals surface area (Å²) in [7, 11) is 1.85. The van der Waals surface area contributed by atoms with Gasteiger partial charge in [-0.15, -0.1) is 0 Å². The van der Waals surface area contributed by atoms with E-state index >= 15 is 0 Å². The summed E-state index contributed by atoms with van der Waals surface area (Å²) < 4.78 is 2.64. The average Bonchev–Trinajstić information content (AvgIpc) is 2.14. The number of nitrogens with zero attached hydrogens (tertiary/aromatic N) is 1. The Balaban J connectivity index is 2.41. The summed E-state index contributed by atoms with van der Waals surface area (Å²) in [5.41, 5.74) is 0. The van der Waals surface area contributed by atoms with Gasteiger partial charge in [0.15, 0.2) is 0 Å². The van der Waals surface area contributed by atoms with Gasteiger partial charge in [-0.2, -0.15) is 0 Å². The van der Waals surface area contributed by atoms with Gasteiger partial charge in [0, 0.05) is 0 Å². The Morgan fingerprint density at radius 3 is 3.00 bits per heavy atom. The Bertz CT molecular complexity index is 81.7. The number of halogens is 1. The maximum absolute atomic E-state index is 4.04. The molecule has 1 fully saturated rings. The van der Waals surface area contributed by atoms with Crippen LogP contribution in [-0.2, 0) is 0 Å². The van der Waals surface area contributed by atoms with Crippen LogP contribution in [0.2, 0.25) is 0 Å². The molecule has 0 aromatic carbocycles. The fourth-order valence-corrected chi connectivity index (χ4v) is 2.40. The zero-order valence-corrected chi connectivity index (χ0v) is 6.40. The van der Waals surface area contributed by atoms with Crippen LogP contribution in [0.3, 0.4) is 0 Å². The third-order valence-electron chi connectivity index (χ3n) is 0.783. The third-order valence-corrected chi connectivity index (χ3v) is 3.45. The molecular formula is C4H8IN2-. The van der Waals surface area contributed by atoms with Crippen molar-refractivity contribution in [3.05, 3.63) is 0 Å². The Morgan fingerprint density at radius 1 is 1.86 bits per heavy atom. The van der Waals surface area contributed by atoms with Crippen LogP contribution in [0.1, 0.15) is 0 Å². The second kappa shape index (κ2) is 2.49. The monoisotopic (exact) mass is 211 g/mol. The number of alkyl halides is 1. The Kier molecular flexibility index (Phi) is 1.90. The number of amidine groups is 1. The van der Waals surface area contributed by atoms with Gasteiger partial charge in [-0.1, -0.05) is 0 Å². The first-order chi connectivity index (χ1) is 3.43. The van der Waals surface area contributed by atoms with Crippen molar-refractivity contribution in [3.63, 3.8) is 0 Å². The van der Waals surface area contributed by atoms with E-state index in [-0.39, 0.29) is 0 Å². The summed E-state index contributed by atoms with van der Waals surface area (Å²) >= 11 is 0.315. The molecule has 42 valence electrons. The predicted octanol–water partition coefficient (Wildman–Crippen LogP) is -3.34. The van der Waals surface area contributed by atoms with Gasteiger partial charge in [-0.05, 0) is 0 Å². The first-order valence-corrected chi connectivity index (χ1v) is 4.83. The SMILES string of the molecule is CN=C1NCC[I-]1. The Morgan fingerprint density at radius 2 is 2.71 bits per heavy atom. The van der Waals surface area contributed by atoms with Gasteiger partial charge in [-0.25, -0.2) is 0 Å². The van der Waals surface area contributed by atoms with Crippen molar-refractivity contribution in [2.45, 2.75) is 0 Å². The van der Waals surface area contributed by atoms with E-state index in [0.717, 1.165) is 0 Å². The molecule has 1 aliphatic rings. The van der Waals surface area contributed by atoms with E-state index in [0.29, 0.717) is 21.2 Å². The van der Waals surface area contributed by atoms with E-state index in [1.807, 2.05) is 7.05 Å². The van der Waals surface area contributed by atoms with Crippen molar-refractivity contribution in [2.75, 3.05) is 18.0 Å². The van der Waals surface area contributed by atoms with E-state index in [4.69, 9.17) is 0 Å². The van der Waals surface area contributed by atoms with Gasteiger partial charge in [0.1, 0.15) is 0 Å². The Hall–Kier alpha value is 0.200. The zero-order valence-electron chi connectivity index (χ0n) is 4.24. The molecule has 1 rings (SSSR count). The molecule has 1 aliphatic heterocycles. The first kappa shape index (κ1) is 5.34. The van der Waals surface area contributed by atoms with E-state index in [9.17, 15) is 0 Å². The van der Waals surface area contributed by atoms with Crippen LogP contribution in [0.5, 0.6) is 0 Å². The molecule has 2 nitrogen and oxygen atoms in total. The summed E-state index contributed by atoms with van der Waals surface area (Å²) in [4.78, 5) is 4.04. The van der Waals surface area contributed by atoms with Gasteiger partial charge >= 0.3 is 53.4 Å². The molecule has 3 heteroatoms. The van der Waals surface area contributed by atoms with Gasteiger partial charge in [0.25, 0.3) is 0 Å². The summed E-state index contributed by atoms with van der Waals surface area (Å²) in [5.74, 6) is 0. The molecule has 0 spiro atoms. The standard InChI is InChI=1S/C4H8IN2/c1-6-4-5-2-3-7-4/h2-3H2,1H3,(H,6,7)/q-1. The van der Waals surface area contributed by atoms with Crippen molar-refractivity contribution in [3.8, 4) is 0 Å². The third kappa shape index (κ3) is 1.29. The van der Waals surface area contributed by atoms with Crippen molar-refractivity contribution >= 4 is 3.84 Å². The van der Waals surface area contributed by atoms with Crippen molar-refractivity contribution in [1.82, 2.24) is 5.32 Å². The minimum absolute atomic E-state index is 0.315.